The number of hydrogen-bond acceptors (Lipinski definition) is 6. The van der Waals surface area contributed by atoms with Gasteiger partial charge in [-0.3, -0.25) is 19.4 Å². The Morgan fingerprint density at radius 2 is 1.68 bits per heavy atom. The Bertz CT molecular complexity index is 960. The number of nitrogens with zero attached hydrogens (tertiary/aromatic N) is 1. The molecule has 1 aliphatic rings. The van der Waals surface area contributed by atoms with Crippen LogP contribution in [-0.4, -0.2) is 72.0 Å². The summed E-state index contributed by atoms with van der Waals surface area (Å²) in [6.07, 6.45) is 2.55. The molecule has 1 aromatic rings. The van der Waals surface area contributed by atoms with Gasteiger partial charge in [0.25, 0.3) is 0 Å². The van der Waals surface area contributed by atoms with Crippen LogP contribution in [0.4, 0.5) is 0 Å². The van der Waals surface area contributed by atoms with E-state index in [1.807, 2.05) is 19.9 Å². The van der Waals surface area contributed by atoms with E-state index in [-0.39, 0.29) is 43.2 Å². The highest BCUT2D eigenvalue weighted by atomic mass is 16.4. The Morgan fingerprint density at radius 1 is 1.03 bits per heavy atom. The first-order chi connectivity index (χ1) is 18.1. The van der Waals surface area contributed by atoms with E-state index in [9.17, 15) is 24.3 Å². The summed E-state index contributed by atoms with van der Waals surface area (Å²) in [5.74, 6) is -2.60. The summed E-state index contributed by atoms with van der Waals surface area (Å²) in [5, 5.41) is 20.9. The quantitative estimate of drug-likeness (QED) is 0.0901. The minimum absolute atomic E-state index is 0.0804. The number of amides is 3. The van der Waals surface area contributed by atoms with Crippen LogP contribution in [0.2, 0.25) is 0 Å². The van der Waals surface area contributed by atoms with Crippen LogP contribution < -0.4 is 32.7 Å². The average molecular weight is 532 g/mol. The molecule has 12 nitrogen and oxygen atoms in total. The number of aliphatic imine (C=N–C) groups is 1. The van der Waals surface area contributed by atoms with Crippen LogP contribution in [0.5, 0.6) is 0 Å². The number of aliphatic carboxylic acids is 1. The predicted octanol–water partition coefficient (Wildman–Crippen LogP) is -0.380. The second-order valence-electron chi connectivity index (χ2n) is 9.94. The summed E-state index contributed by atoms with van der Waals surface area (Å²) < 4.78 is 0. The highest BCUT2D eigenvalue weighted by Gasteiger charge is 2.31. The summed E-state index contributed by atoms with van der Waals surface area (Å²) in [7, 11) is 0. The number of carbonyl (C=O) groups is 4. The minimum Gasteiger partial charge on any atom is -0.480 e. The largest absolute Gasteiger partial charge is 0.480 e. The predicted molar refractivity (Wildman–Crippen MR) is 144 cm³/mol. The van der Waals surface area contributed by atoms with E-state index in [0.29, 0.717) is 19.3 Å². The normalized spacial score (nSPS) is 17.2. The van der Waals surface area contributed by atoms with Crippen molar-refractivity contribution < 1.29 is 24.3 Å². The zero-order chi connectivity index (χ0) is 28.1. The zero-order valence-corrected chi connectivity index (χ0v) is 22.1. The minimum atomic E-state index is -1.19. The van der Waals surface area contributed by atoms with E-state index in [4.69, 9.17) is 11.5 Å². The number of carboxylic acid groups (broad SMARTS) is 1. The molecule has 2 rings (SSSR count). The van der Waals surface area contributed by atoms with Gasteiger partial charge >= 0.3 is 5.97 Å². The molecular weight excluding hydrogens is 490 g/mol. The molecule has 9 N–H and O–H groups in total. The number of hydrogen-bond donors (Lipinski definition) is 7. The van der Waals surface area contributed by atoms with Gasteiger partial charge in [0.05, 0.1) is 6.04 Å². The smallest absolute Gasteiger partial charge is 0.326 e. The molecule has 1 heterocycles. The lowest BCUT2D eigenvalue weighted by Crippen LogP contribution is -2.57. The molecule has 4 unspecified atom stereocenters. The zero-order valence-electron chi connectivity index (χ0n) is 22.1. The lowest BCUT2D eigenvalue weighted by Gasteiger charge is -2.26. The van der Waals surface area contributed by atoms with Crippen molar-refractivity contribution in [1.82, 2.24) is 21.3 Å². The highest BCUT2D eigenvalue weighted by Crippen LogP contribution is 2.11. The van der Waals surface area contributed by atoms with Crippen LogP contribution in [0.15, 0.2) is 35.3 Å². The van der Waals surface area contributed by atoms with Crippen molar-refractivity contribution in [2.75, 3.05) is 13.1 Å². The molecule has 1 fully saturated rings. The Morgan fingerprint density at radius 3 is 2.26 bits per heavy atom. The van der Waals surface area contributed by atoms with Crippen molar-refractivity contribution in [2.24, 2.45) is 22.4 Å². The molecule has 1 aromatic carbocycles. The SMILES string of the molecule is CC(C)CC(NC(=O)C1CCCN1)C(=O)NC(CCCN=C(N)N)C(=O)NC(Cc1ccccc1)C(=O)O. The average Bonchev–Trinajstić information content (AvgIpc) is 3.40. The Labute approximate surface area is 223 Å². The van der Waals surface area contributed by atoms with Gasteiger partial charge in [0.2, 0.25) is 17.7 Å². The van der Waals surface area contributed by atoms with E-state index in [1.165, 1.54) is 0 Å². The van der Waals surface area contributed by atoms with Crippen molar-refractivity contribution >= 4 is 29.7 Å². The number of nitrogens with one attached hydrogen (secondary N) is 4. The second-order valence-corrected chi connectivity index (χ2v) is 9.94. The molecule has 210 valence electrons. The molecule has 0 spiro atoms. The molecule has 0 bridgehead atoms. The molecule has 12 heteroatoms. The second kappa shape index (κ2) is 15.6. The van der Waals surface area contributed by atoms with E-state index in [2.05, 4.69) is 26.3 Å². The first kappa shape index (κ1) is 30.6. The summed E-state index contributed by atoms with van der Waals surface area (Å²) in [4.78, 5) is 55.0. The van der Waals surface area contributed by atoms with Crippen molar-refractivity contribution in [3.8, 4) is 0 Å². The van der Waals surface area contributed by atoms with Gasteiger partial charge in [0, 0.05) is 13.0 Å². The number of nitrogens with two attached hydrogens (primary N) is 2. The standard InChI is InChI=1S/C26H41N7O5/c1-16(2)14-20(32-22(34)18-10-6-12-29-18)24(36)31-19(11-7-13-30-26(27)28)23(35)33-21(25(37)38)15-17-8-4-3-5-9-17/h3-5,8-9,16,18-21,29H,6-7,10-15H2,1-2H3,(H,31,36)(H,32,34)(H,33,35)(H,37,38)(H4,27,28,30). The Hall–Kier alpha value is -3.67. The monoisotopic (exact) mass is 531 g/mol. The van der Waals surface area contributed by atoms with Gasteiger partial charge in [-0.2, -0.15) is 0 Å². The van der Waals surface area contributed by atoms with Crippen molar-refractivity contribution in [1.29, 1.82) is 0 Å². The van der Waals surface area contributed by atoms with Gasteiger partial charge in [0.1, 0.15) is 18.1 Å². The lowest BCUT2D eigenvalue weighted by atomic mass is 10.0. The third kappa shape index (κ3) is 10.8. The fourth-order valence-electron chi connectivity index (χ4n) is 4.25. The van der Waals surface area contributed by atoms with Crippen molar-refractivity contribution in [2.45, 2.75) is 76.5 Å². The van der Waals surface area contributed by atoms with E-state index < -0.39 is 35.9 Å². The molecule has 0 aliphatic carbocycles. The Balaban J connectivity index is 2.14. The summed E-state index contributed by atoms with van der Waals surface area (Å²) in [6, 6.07) is 5.48. The first-order valence-electron chi connectivity index (χ1n) is 13.0. The molecule has 3 amide bonds. The van der Waals surface area contributed by atoms with E-state index >= 15 is 0 Å². The maximum Gasteiger partial charge on any atom is 0.326 e. The maximum absolute atomic E-state index is 13.3. The number of carbonyl (C=O) groups excluding carboxylic acids is 3. The first-order valence-corrected chi connectivity index (χ1v) is 13.0. The van der Waals surface area contributed by atoms with Gasteiger partial charge < -0.3 is 37.8 Å². The fraction of sp³-hybridized carbons (Fsp3) is 0.577. The number of rotatable bonds is 15. The van der Waals surface area contributed by atoms with E-state index in [0.717, 1.165) is 18.5 Å². The molecule has 1 saturated heterocycles. The highest BCUT2D eigenvalue weighted by molar-refractivity contribution is 5.94. The number of guanidine groups is 1. The van der Waals surface area contributed by atoms with Crippen LogP contribution in [0.1, 0.15) is 51.5 Å². The van der Waals surface area contributed by atoms with Crippen LogP contribution in [0.3, 0.4) is 0 Å². The molecular formula is C26H41N7O5. The third-order valence-corrected chi connectivity index (χ3v) is 6.19. The molecule has 4 atom stereocenters. The summed E-state index contributed by atoms with van der Waals surface area (Å²) in [5.41, 5.74) is 11.5. The fourth-order valence-corrected chi connectivity index (χ4v) is 4.25. The summed E-state index contributed by atoms with van der Waals surface area (Å²) >= 11 is 0. The van der Waals surface area contributed by atoms with Gasteiger partial charge in [-0.05, 0) is 50.1 Å². The summed E-state index contributed by atoms with van der Waals surface area (Å²) in [6.45, 7) is 4.83. The van der Waals surface area contributed by atoms with Crippen molar-refractivity contribution in [3.63, 3.8) is 0 Å². The Kier molecular flexibility index (Phi) is 12.5. The maximum atomic E-state index is 13.3. The van der Waals surface area contributed by atoms with Crippen LogP contribution in [0, 0.1) is 5.92 Å². The van der Waals surface area contributed by atoms with Crippen LogP contribution >= 0.6 is 0 Å². The molecule has 0 aromatic heterocycles. The van der Waals surface area contributed by atoms with Gasteiger partial charge in [0.15, 0.2) is 5.96 Å². The molecule has 38 heavy (non-hydrogen) atoms. The van der Waals surface area contributed by atoms with E-state index in [1.54, 1.807) is 24.3 Å². The third-order valence-electron chi connectivity index (χ3n) is 6.19. The number of carboxylic acids is 1. The lowest BCUT2D eigenvalue weighted by molar-refractivity contribution is -0.142. The van der Waals surface area contributed by atoms with Gasteiger partial charge in [-0.15, -0.1) is 0 Å². The van der Waals surface area contributed by atoms with Crippen LogP contribution in [-0.2, 0) is 25.6 Å². The van der Waals surface area contributed by atoms with Gasteiger partial charge in [-0.25, -0.2) is 4.79 Å². The van der Waals surface area contributed by atoms with Crippen LogP contribution in [0.25, 0.3) is 0 Å². The van der Waals surface area contributed by atoms with Gasteiger partial charge in [-0.1, -0.05) is 44.2 Å². The molecule has 1 aliphatic heterocycles. The topological polar surface area (TPSA) is 201 Å². The molecule has 0 saturated carbocycles. The molecule has 0 radical (unpaired) electrons. The van der Waals surface area contributed by atoms with Crippen molar-refractivity contribution in [3.05, 3.63) is 35.9 Å². The number of benzene rings is 1.